The first-order chi connectivity index (χ1) is 17.6. The van der Waals surface area contributed by atoms with Gasteiger partial charge < -0.3 is 9.64 Å². The molecule has 4 rings (SSSR count). The lowest BCUT2D eigenvalue weighted by Crippen LogP contribution is -2.47. The molecule has 11 heteroatoms. The summed E-state index contributed by atoms with van der Waals surface area (Å²) in [6, 6.07) is 19.4. The Kier molecular flexibility index (Phi) is 7.55. The third-order valence-electron chi connectivity index (χ3n) is 6.66. The van der Waals surface area contributed by atoms with Crippen molar-refractivity contribution in [2.24, 2.45) is 0 Å². The molecule has 1 fully saturated rings. The van der Waals surface area contributed by atoms with Gasteiger partial charge in [0.15, 0.2) is 0 Å². The van der Waals surface area contributed by atoms with Gasteiger partial charge in [-0.2, -0.15) is 4.39 Å². The first kappa shape index (κ1) is 26.2. The molecule has 3 aromatic rings. The number of nitrogens with zero attached hydrogens (tertiary/aromatic N) is 2. The third kappa shape index (κ3) is 5.95. The van der Waals surface area contributed by atoms with Crippen LogP contribution in [-0.4, -0.2) is 45.0 Å². The number of hydrogen-bond donors (Lipinski definition) is 2. The van der Waals surface area contributed by atoms with Crippen LogP contribution >= 0.6 is 0 Å². The Morgan fingerprint density at radius 2 is 1.76 bits per heavy atom. The van der Waals surface area contributed by atoms with Crippen molar-refractivity contribution in [3.05, 3.63) is 99.9 Å². The lowest BCUT2D eigenvalue weighted by Gasteiger charge is -2.42. The van der Waals surface area contributed by atoms with Crippen molar-refractivity contribution in [1.29, 1.82) is 5.41 Å². The van der Waals surface area contributed by atoms with Crippen LogP contribution in [0.1, 0.15) is 24.0 Å². The van der Waals surface area contributed by atoms with Gasteiger partial charge in [0.25, 0.3) is 10.0 Å². The van der Waals surface area contributed by atoms with E-state index in [-0.39, 0.29) is 5.60 Å². The maximum absolute atomic E-state index is 13.6. The molecule has 0 radical (unpaired) electrons. The van der Waals surface area contributed by atoms with Crippen LogP contribution in [0.15, 0.2) is 77.7 Å². The van der Waals surface area contributed by atoms with Gasteiger partial charge >= 0.3 is 5.69 Å². The van der Waals surface area contributed by atoms with Gasteiger partial charge in [0, 0.05) is 43.9 Å². The smallest absolute Gasteiger partial charge is 0.306 e. The maximum Gasteiger partial charge on any atom is 0.306 e. The fourth-order valence-corrected chi connectivity index (χ4v) is 5.50. The molecule has 0 atom stereocenters. The largest absolute Gasteiger partial charge is 0.378 e. The van der Waals surface area contributed by atoms with Gasteiger partial charge in [0.1, 0.15) is 5.84 Å². The topological polar surface area (TPSA) is 126 Å². The molecular formula is C26H27FN4O5S. The summed E-state index contributed by atoms with van der Waals surface area (Å²) in [4.78, 5) is 11.6. The molecule has 0 amide bonds. The number of anilines is 1. The summed E-state index contributed by atoms with van der Waals surface area (Å²) in [5.74, 6) is -1.55. The molecule has 0 bridgehead atoms. The number of nitro groups is 1. The highest BCUT2D eigenvalue weighted by molar-refractivity contribution is 7.90. The van der Waals surface area contributed by atoms with Crippen molar-refractivity contribution in [2.75, 3.05) is 25.1 Å². The van der Waals surface area contributed by atoms with E-state index in [1.54, 1.807) is 19.2 Å². The molecule has 1 aliphatic rings. The quantitative estimate of drug-likeness (QED) is 0.195. The zero-order chi connectivity index (χ0) is 26.6. The summed E-state index contributed by atoms with van der Waals surface area (Å²) < 4.78 is 46.9. The first-order valence-corrected chi connectivity index (χ1v) is 13.1. The first-order valence-electron chi connectivity index (χ1n) is 11.6. The number of methoxy groups -OCH3 is 1. The molecule has 194 valence electrons. The fraction of sp³-hybridized carbons (Fsp3) is 0.269. The van der Waals surface area contributed by atoms with E-state index in [4.69, 9.17) is 10.1 Å². The van der Waals surface area contributed by atoms with Crippen LogP contribution in [0.4, 0.5) is 15.8 Å². The standard InChI is InChI=1S/C26H27FN4O5S/c1-36-26(18-19-5-3-2-4-6-19)13-15-30(16-14-26)21-9-7-20(8-10-21)25(28)29-37(34,35)22-11-12-23(27)24(17-22)31(32)33/h2-12,17H,13-16,18H2,1H3,(H2,28,29). The van der Waals surface area contributed by atoms with Gasteiger partial charge in [0.05, 0.1) is 15.4 Å². The summed E-state index contributed by atoms with van der Waals surface area (Å²) in [7, 11) is -2.57. The second-order valence-corrected chi connectivity index (χ2v) is 10.6. The Labute approximate surface area is 214 Å². The van der Waals surface area contributed by atoms with Crippen LogP contribution in [0.3, 0.4) is 0 Å². The molecule has 2 N–H and O–H groups in total. The van der Waals surface area contributed by atoms with E-state index in [9.17, 15) is 22.9 Å². The summed E-state index contributed by atoms with van der Waals surface area (Å²) in [5, 5.41) is 19.1. The van der Waals surface area contributed by atoms with Gasteiger partial charge in [0.2, 0.25) is 5.82 Å². The second kappa shape index (κ2) is 10.7. The normalized spacial score (nSPS) is 15.2. The predicted octanol–water partition coefficient (Wildman–Crippen LogP) is 4.27. The van der Waals surface area contributed by atoms with Gasteiger partial charge in [-0.25, -0.2) is 8.42 Å². The molecule has 1 heterocycles. The van der Waals surface area contributed by atoms with Gasteiger partial charge in [-0.1, -0.05) is 30.3 Å². The van der Waals surface area contributed by atoms with E-state index in [1.807, 2.05) is 30.3 Å². The van der Waals surface area contributed by atoms with Gasteiger partial charge in [-0.05, 0) is 54.8 Å². The van der Waals surface area contributed by atoms with E-state index in [2.05, 4.69) is 21.8 Å². The Hall–Kier alpha value is -3.83. The SMILES string of the molecule is COC1(Cc2ccccc2)CCN(c2ccc(C(=N)NS(=O)(=O)c3ccc(F)c([N+](=O)[O-])c3)cc2)CC1. The van der Waals surface area contributed by atoms with Crippen LogP contribution in [0.5, 0.6) is 0 Å². The highest BCUT2D eigenvalue weighted by atomic mass is 32.2. The molecule has 0 saturated carbocycles. The third-order valence-corrected chi connectivity index (χ3v) is 8.01. The summed E-state index contributed by atoms with van der Waals surface area (Å²) >= 11 is 0. The van der Waals surface area contributed by atoms with E-state index in [1.165, 1.54) is 5.56 Å². The minimum Gasteiger partial charge on any atom is -0.378 e. The molecule has 0 spiro atoms. The van der Waals surface area contributed by atoms with Gasteiger partial charge in [-0.15, -0.1) is 0 Å². The minimum absolute atomic E-state index is 0.229. The highest BCUT2D eigenvalue weighted by Crippen LogP contribution is 2.32. The number of nitro benzene ring substituents is 1. The molecule has 1 aliphatic heterocycles. The Morgan fingerprint density at radius 1 is 1.11 bits per heavy atom. The van der Waals surface area contributed by atoms with E-state index in [0.717, 1.165) is 44.1 Å². The Morgan fingerprint density at radius 3 is 2.35 bits per heavy atom. The lowest BCUT2D eigenvalue weighted by atomic mass is 9.85. The van der Waals surface area contributed by atoms with Crippen LogP contribution in [0, 0.1) is 21.3 Å². The second-order valence-electron chi connectivity index (χ2n) is 8.93. The lowest BCUT2D eigenvalue weighted by molar-refractivity contribution is -0.387. The van der Waals surface area contributed by atoms with Crippen molar-refractivity contribution < 1.29 is 22.5 Å². The number of benzene rings is 3. The molecule has 9 nitrogen and oxygen atoms in total. The number of nitrogens with one attached hydrogen (secondary N) is 2. The van der Waals surface area contributed by atoms with Crippen LogP contribution in [0.25, 0.3) is 0 Å². The van der Waals surface area contributed by atoms with Crippen molar-refractivity contribution >= 4 is 27.2 Å². The number of rotatable bonds is 8. The summed E-state index contributed by atoms with van der Waals surface area (Å²) in [6.45, 7) is 1.57. The molecule has 0 aliphatic carbocycles. The zero-order valence-corrected chi connectivity index (χ0v) is 21.0. The van der Waals surface area contributed by atoms with E-state index >= 15 is 0 Å². The van der Waals surface area contributed by atoms with Crippen molar-refractivity contribution in [1.82, 2.24) is 4.72 Å². The average Bonchev–Trinajstić information content (AvgIpc) is 2.89. The molecule has 1 saturated heterocycles. The molecule has 3 aromatic carbocycles. The summed E-state index contributed by atoms with van der Waals surface area (Å²) in [5.41, 5.74) is 1.31. The average molecular weight is 527 g/mol. The number of ether oxygens (including phenoxy) is 1. The Balaban J connectivity index is 1.40. The Bertz CT molecular complexity index is 1390. The van der Waals surface area contributed by atoms with Crippen LogP contribution in [-0.2, 0) is 21.2 Å². The van der Waals surface area contributed by atoms with Crippen LogP contribution in [0.2, 0.25) is 0 Å². The number of piperidine rings is 1. The number of hydrogen-bond acceptors (Lipinski definition) is 7. The monoisotopic (exact) mass is 526 g/mol. The van der Waals surface area contributed by atoms with Crippen LogP contribution < -0.4 is 9.62 Å². The maximum atomic E-state index is 13.6. The van der Waals surface area contributed by atoms with Crippen molar-refractivity contribution in [2.45, 2.75) is 29.8 Å². The molecule has 37 heavy (non-hydrogen) atoms. The van der Waals surface area contributed by atoms with E-state index in [0.29, 0.717) is 17.7 Å². The zero-order valence-electron chi connectivity index (χ0n) is 20.2. The van der Waals surface area contributed by atoms with Gasteiger partial charge in [-0.3, -0.25) is 20.2 Å². The molecular weight excluding hydrogens is 499 g/mol. The summed E-state index contributed by atoms with van der Waals surface area (Å²) in [6.07, 6.45) is 2.53. The molecule has 0 aromatic heterocycles. The number of sulfonamides is 1. The van der Waals surface area contributed by atoms with E-state index < -0.39 is 37.2 Å². The number of amidine groups is 1. The van der Waals surface area contributed by atoms with Crippen molar-refractivity contribution in [3.8, 4) is 0 Å². The molecule has 0 unspecified atom stereocenters. The van der Waals surface area contributed by atoms with Crippen molar-refractivity contribution in [3.63, 3.8) is 0 Å². The minimum atomic E-state index is -4.32. The highest BCUT2D eigenvalue weighted by Gasteiger charge is 2.35. The number of halogens is 1. The predicted molar refractivity (Wildman–Crippen MR) is 138 cm³/mol. The fourth-order valence-electron chi connectivity index (χ4n) is 4.48.